The Labute approximate surface area is 122 Å². The van der Waals surface area contributed by atoms with Crippen LogP contribution in [0.15, 0.2) is 24.3 Å². The quantitative estimate of drug-likeness (QED) is 0.830. The largest absolute Gasteiger partial charge is 0.487 e. The third-order valence-electron chi connectivity index (χ3n) is 3.86. The Hall–Kier alpha value is -1.63. The van der Waals surface area contributed by atoms with Crippen LogP contribution in [-0.4, -0.2) is 49.9 Å². The maximum atomic E-state index is 12.8. The standard InChI is InChI=1S/C14H16FNO4S/c15-11-1-3-12(4-2-11)20-13-7-16(8-13)14(17)10-5-6-21(18,19)9-10/h1-4,10,13H,5-9H2. The minimum atomic E-state index is -3.04. The summed E-state index contributed by atoms with van der Waals surface area (Å²) in [7, 11) is -3.04. The number of hydrogen-bond acceptors (Lipinski definition) is 4. The molecule has 2 heterocycles. The number of rotatable bonds is 3. The topological polar surface area (TPSA) is 63.7 Å². The van der Waals surface area contributed by atoms with Gasteiger partial charge in [0, 0.05) is 0 Å². The highest BCUT2D eigenvalue weighted by atomic mass is 32.2. The molecule has 0 saturated carbocycles. The lowest BCUT2D eigenvalue weighted by Gasteiger charge is -2.40. The minimum absolute atomic E-state index is 0.0359. The summed E-state index contributed by atoms with van der Waals surface area (Å²) in [6.07, 6.45) is 0.304. The molecule has 0 N–H and O–H groups in total. The van der Waals surface area contributed by atoms with E-state index in [2.05, 4.69) is 0 Å². The molecule has 114 valence electrons. The van der Waals surface area contributed by atoms with Crippen molar-refractivity contribution in [3.63, 3.8) is 0 Å². The summed E-state index contributed by atoms with van der Waals surface area (Å²) in [6, 6.07) is 5.73. The number of carbonyl (C=O) groups excluding carboxylic acids is 1. The maximum Gasteiger partial charge on any atom is 0.227 e. The number of benzene rings is 1. The number of halogens is 1. The van der Waals surface area contributed by atoms with Crippen LogP contribution in [0.1, 0.15) is 6.42 Å². The van der Waals surface area contributed by atoms with Gasteiger partial charge in [-0.3, -0.25) is 4.79 Å². The summed E-state index contributed by atoms with van der Waals surface area (Å²) in [6.45, 7) is 0.902. The van der Waals surface area contributed by atoms with Crippen LogP contribution in [0, 0.1) is 11.7 Å². The summed E-state index contributed by atoms with van der Waals surface area (Å²) < 4.78 is 41.1. The van der Waals surface area contributed by atoms with Crippen molar-refractivity contribution >= 4 is 15.7 Å². The van der Waals surface area contributed by atoms with Crippen molar-refractivity contribution in [2.75, 3.05) is 24.6 Å². The van der Waals surface area contributed by atoms with Gasteiger partial charge in [-0.05, 0) is 30.7 Å². The molecule has 1 aromatic carbocycles. The molecule has 1 amide bonds. The molecule has 0 radical (unpaired) electrons. The maximum absolute atomic E-state index is 12.8. The van der Waals surface area contributed by atoms with Gasteiger partial charge in [0.2, 0.25) is 5.91 Å². The van der Waals surface area contributed by atoms with Crippen LogP contribution >= 0.6 is 0 Å². The Bertz CT molecular complexity index is 637. The summed E-state index contributed by atoms with van der Waals surface area (Å²) in [5.41, 5.74) is 0. The van der Waals surface area contributed by atoms with Crippen LogP contribution in [0.2, 0.25) is 0 Å². The van der Waals surface area contributed by atoms with E-state index in [1.54, 1.807) is 17.0 Å². The van der Waals surface area contributed by atoms with Crippen molar-refractivity contribution in [2.45, 2.75) is 12.5 Å². The number of hydrogen-bond donors (Lipinski definition) is 0. The average Bonchev–Trinajstić information content (AvgIpc) is 2.75. The zero-order chi connectivity index (χ0) is 15.0. The van der Waals surface area contributed by atoms with Gasteiger partial charge in [-0.2, -0.15) is 0 Å². The summed E-state index contributed by atoms with van der Waals surface area (Å²) >= 11 is 0. The molecule has 2 aliphatic rings. The molecule has 2 aliphatic heterocycles. The van der Waals surface area contributed by atoms with E-state index in [0.717, 1.165) is 0 Å². The van der Waals surface area contributed by atoms with Gasteiger partial charge in [-0.15, -0.1) is 0 Å². The van der Waals surface area contributed by atoms with Crippen molar-refractivity contribution in [1.82, 2.24) is 4.90 Å². The molecule has 0 aromatic heterocycles. The molecule has 0 aliphatic carbocycles. The zero-order valence-corrected chi connectivity index (χ0v) is 12.2. The van der Waals surface area contributed by atoms with Gasteiger partial charge in [0.25, 0.3) is 0 Å². The fourth-order valence-corrected chi connectivity index (χ4v) is 4.38. The first-order chi connectivity index (χ1) is 9.93. The monoisotopic (exact) mass is 313 g/mol. The van der Waals surface area contributed by atoms with E-state index < -0.39 is 15.8 Å². The minimum Gasteiger partial charge on any atom is -0.487 e. The first kappa shape index (κ1) is 14.3. The third-order valence-corrected chi connectivity index (χ3v) is 5.63. The second kappa shape index (κ2) is 5.29. The number of likely N-dealkylation sites (tertiary alicyclic amines) is 1. The Morgan fingerprint density at radius 2 is 1.90 bits per heavy atom. The SMILES string of the molecule is O=C(C1CCS(=O)(=O)C1)N1CC(Oc2ccc(F)cc2)C1. The fourth-order valence-electron chi connectivity index (χ4n) is 2.65. The highest BCUT2D eigenvalue weighted by Gasteiger charge is 2.40. The first-order valence-electron chi connectivity index (χ1n) is 6.84. The van der Waals surface area contributed by atoms with Crippen LogP contribution in [0.3, 0.4) is 0 Å². The summed E-state index contributed by atoms with van der Waals surface area (Å²) in [5, 5.41) is 0. The molecule has 1 aromatic rings. The van der Waals surface area contributed by atoms with Crippen LogP contribution < -0.4 is 4.74 Å². The van der Waals surface area contributed by atoms with E-state index in [0.29, 0.717) is 25.3 Å². The highest BCUT2D eigenvalue weighted by Crippen LogP contribution is 2.25. The lowest BCUT2D eigenvalue weighted by atomic mass is 10.0. The molecule has 2 fully saturated rings. The van der Waals surface area contributed by atoms with Crippen molar-refractivity contribution in [3.8, 4) is 5.75 Å². The molecule has 2 saturated heterocycles. The van der Waals surface area contributed by atoms with Crippen molar-refractivity contribution in [3.05, 3.63) is 30.1 Å². The van der Waals surface area contributed by atoms with E-state index in [1.807, 2.05) is 0 Å². The molecule has 0 spiro atoms. The van der Waals surface area contributed by atoms with Crippen molar-refractivity contribution in [1.29, 1.82) is 0 Å². The van der Waals surface area contributed by atoms with Crippen LogP contribution in [-0.2, 0) is 14.6 Å². The Morgan fingerprint density at radius 1 is 1.24 bits per heavy atom. The van der Waals surface area contributed by atoms with Gasteiger partial charge in [0.05, 0.1) is 30.5 Å². The van der Waals surface area contributed by atoms with E-state index >= 15 is 0 Å². The van der Waals surface area contributed by atoms with Gasteiger partial charge in [-0.25, -0.2) is 12.8 Å². The zero-order valence-electron chi connectivity index (χ0n) is 11.4. The Kier molecular flexibility index (Phi) is 3.61. The lowest BCUT2D eigenvalue weighted by molar-refractivity contribution is -0.143. The normalized spacial score (nSPS) is 24.6. The van der Waals surface area contributed by atoms with E-state index in [4.69, 9.17) is 4.74 Å². The highest BCUT2D eigenvalue weighted by molar-refractivity contribution is 7.91. The average molecular weight is 313 g/mol. The van der Waals surface area contributed by atoms with Gasteiger partial charge >= 0.3 is 0 Å². The molecule has 5 nitrogen and oxygen atoms in total. The summed E-state index contributed by atoms with van der Waals surface area (Å²) in [5.74, 6) is -0.192. The first-order valence-corrected chi connectivity index (χ1v) is 8.66. The van der Waals surface area contributed by atoms with Crippen LogP contribution in [0.25, 0.3) is 0 Å². The molecular weight excluding hydrogens is 297 g/mol. The summed E-state index contributed by atoms with van der Waals surface area (Å²) in [4.78, 5) is 13.7. The van der Waals surface area contributed by atoms with Crippen molar-refractivity contribution < 1.29 is 22.3 Å². The van der Waals surface area contributed by atoms with Gasteiger partial charge in [0.1, 0.15) is 17.7 Å². The molecule has 1 unspecified atom stereocenters. The number of sulfone groups is 1. The lowest BCUT2D eigenvalue weighted by Crippen LogP contribution is -2.57. The van der Waals surface area contributed by atoms with E-state index in [9.17, 15) is 17.6 Å². The van der Waals surface area contributed by atoms with Gasteiger partial charge < -0.3 is 9.64 Å². The predicted molar refractivity (Wildman–Crippen MR) is 74.2 cm³/mol. The molecule has 21 heavy (non-hydrogen) atoms. The van der Waals surface area contributed by atoms with E-state index in [-0.39, 0.29) is 29.3 Å². The predicted octanol–water partition coefficient (Wildman–Crippen LogP) is 0.850. The second-order valence-electron chi connectivity index (χ2n) is 5.54. The fraction of sp³-hybridized carbons (Fsp3) is 0.500. The van der Waals surface area contributed by atoms with Crippen LogP contribution in [0.5, 0.6) is 5.75 Å². The molecule has 7 heteroatoms. The van der Waals surface area contributed by atoms with Crippen molar-refractivity contribution in [2.24, 2.45) is 5.92 Å². The Morgan fingerprint density at radius 3 is 2.48 bits per heavy atom. The van der Waals surface area contributed by atoms with Gasteiger partial charge in [-0.1, -0.05) is 0 Å². The van der Waals surface area contributed by atoms with E-state index in [1.165, 1.54) is 12.1 Å². The molecule has 0 bridgehead atoms. The molecular formula is C14H16FNO4S. The van der Waals surface area contributed by atoms with Gasteiger partial charge in [0.15, 0.2) is 9.84 Å². The molecule has 1 atom stereocenters. The number of nitrogens with zero attached hydrogens (tertiary/aromatic N) is 1. The smallest absolute Gasteiger partial charge is 0.227 e. The number of carbonyl (C=O) groups is 1. The number of ether oxygens (including phenoxy) is 1. The second-order valence-corrected chi connectivity index (χ2v) is 7.77. The number of amides is 1. The third kappa shape index (κ3) is 3.18. The molecule has 3 rings (SSSR count). The van der Waals surface area contributed by atoms with Crippen LogP contribution in [0.4, 0.5) is 4.39 Å². The Balaban J connectivity index is 1.49.